The summed E-state index contributed by atoms with van der Waals surface area (Å²) in [5, 5.41) is 4.52. The van der Waals surface area contributed by atoms with E-state index in [2.05, 4.69) is 46.5 Å². The van der Waals surface area contributed by atoms with Gasteiger partial charge in [-0.2, -0.15) is 5.10 Å². The molecule has 1 aromatic carbocycles. The highest BCUT2D eigenvalue weighted by atomic mass is 79.9. The molecule has 1 aromatic heterocycles. The van der Waals surface area contributed by atoms with Crippen LogP contribution in [0.25, 0.3) is 0 Å². The van der Waals surface area contributed by atoms with Gasteiger partial charge >= 0.3 is 0 Å². The van der Waals surface area contributed by atoms with Crippen LogP contribution in [0.3, 0.4) is 0 Å². The Morgan fingerprint density at radius 1 is 1.32 bits per heavy atom. The van der Waals surface area contributed by atoms with E-state index in [1.165, 1.54) is 5.69 Å². The number of nitrogens with zero attached hydrogens (tertiary/aromatic N) is 3. The number of hydrogen-bond acceptors (Lipinski definition) is 2. The van der Waals surface area contributed by atoms with Crippen LogP contribution < -0.4 is 0 Å². The Hall–Kier alpha value is -1.62. The molecule has 0 atom stereocenters. The second kappa shape index (κ2) is 5.54. The summed E-state index contributed by atoms with van der Waals surface area (Å²) >= 11 is 3.42. The Morgan fingerprint density at radius 3 is 2.77 bits per heavy atom. The fourth-order valence-corrected chi connectivity index (χ4v) is 3.29. The highest BCUT2D eigenvalue weighted by molar-refractivity contribution is 9.10. The number of benzene rings is 1. The van der Waals surface area contributed by atoms with Gasteiger partial charge in [0.15, 0.2) is 0 Å². The van der Waals surface area contributed by atoms with Gasteiger partial charge in [0, 0.05) is 40.8 Å². The molecule has 0 unspecified atom stereocenters. The summed E-state index contributed by atoms with van der Waals surface area (Å²) < 4.78 is 3.01. The summed E-state index contributed by atoms with van der Waals surface area (Å²) in [4.78, 5) is 14.5. The summed E-state index contributed by atoms with van der Waals surface area (Å²) in [6, 6.07) is 7.56. The van der Waals surface area contributed by atoms with E-state index in [4.69, 9.17) is 0 Å². The fourth-order valence-electron chi connectivity index (χ4n) is 2.89. The van der Waals surface area contributed by atoms with Crippen LogP contribution in [0.4, 0.5) is 0 Å². The molecule has 4 nitrogen and oxygen atoms in total. The predicted molar refractivity (Wildman–Crippen MR) is 89.8 cm³/mol. The van der Waals surface area contributed by atoms with Gasteiger partial charge in [-0.3, -0.25) is 9.48 Å². The number of rotatable bonds is 1. The highest BCUT2D eigenvalue weighted by Gasteiger charge is 2.27. The van der Waals surface area contributed by atoms with Crippen molar-refractivity contribution >= 4 is 21.8 Å². The zero-order chi connectivity index (χ0) is 15.9. The van der Waals surface area contributed by atoms with E-state index in [-0.39, 0.29) is 11.4 Å². The molecule has 1 amide bonds. The molecule has 0 N–H and O–H groups in total. The van der Waals surface area contributed by atoms with E-state index in [0.717, 1.165) is 28.6 Å². The number of carbonyl (C=O) groups is 1. The first kappa shape index (κ1) is 15.3. The molecule has 0 fully saturated rings. The molecule has 22 heavy (non-hydrogen) atoms. The topological polar surface area (TPSA) is 38.1 Å². The SMILES string of the molecule is CC(C)(C)n1ncc2c1CCN(C(=O)c1cccc(Br)c1)C2. The lowest BCUT2D eigenvalue weighted by Crippen LogP contribution is -2.37. The van der Waals surface area contributed by atoms with Crippen LogP contribution >= 0.6 is 15.9 Å². The van der Waals surface area contributed by atoms with Crippen LogP contribution in [-0.2, 0) is 18.5 Å². The first-order valence-electron chi connectivity index (χ1n) is 7.47. The maximum Gasteiger partial charge on any atom is 0.254 e. The normalized spacial score (nSPS) is 14.8. The molecule has 0 spiro atoms. The molecule has 0 radical (unpaired) electrons. The second-order valence-electron chi connectivity index (χ2n) is 6.69. The average molecular weight is 362 g/mol. The zero-order valence-electron chi connectivity index (χ0n) is 13.1. The first-order valence-corrected chi connectivity index (χ1v) is 8.26. The maximum atomic E-state index is 12.6. The number of fused-ring (bicyclic) bond motifs is 1. The van der Waals surface area contributed by atoms with Crippen molar-refractivity contribution in [1.29, 1.82) is 0 Å². The average Bonchev–Trinajstić information content (AvgIpc) is 2.89. The quantitative estimate of drug-likeness (QED) is 0.778. The lowest BCUT2D eigenvalue weighted by molar-refractivity contribution is 0.0732. The molecular formula is C17H20BrN3O. The number of hydrogen-bond donors (Lipinski definition) is 0. The van der Waals surface area contributed by atoms with Crippen LogP contribution in [0, 0.1) is 0 Å². The van der Waals surface area contributed by atoms with Crippen molar-refractivity contribution in [3.63, 3.8) is 0 Å². The van der Waals surface area contributed by atoms with E-state index >= 15 is 0 Å². The largest absolute Gasteiger partial charge is 0.334 e. The van der Waals surface area contributed by atoms with Gasteiger partial charge in [0.05, 0.1) is 11.7 Å². The number of halogens is 1. The van der Waals surface area contributed by atoms with E-state index in [1.807, 2.05) is 35.4 Å². The fraction of sp³-hybridized carbons (Fsp3) is 0.412. The molecule has 2 heterocycles. The van der Waals surface area contributed by atoms with Crippen LogP contribution in [0.5, 0.6) is 0 Å². The third-order valence-electron chi connectivity index (χ3n) is 3.93. The Labute approximate surface area is 139 Å². The molecule has 0 saturated heterocycles. The summed E-state index contributed by atoms with van der Waals surface area (Å²) in [6.45, 7) is 7.83. The molecule has 5 heteroatoms. The molecule has 2 aromatic rings. The van der Waals surface area contributed by atoms with Crippen LogP contribution in [0.1, 0.15) is 42.4 Å². The van der Waals surface area contributed by atoms with Crippen molar-refractivity contribution in [3.8, 4) is 0 Å². The van der Waals surface area contributed by atoms with Gasteiger partial charge in [0.1, 0.15) is 0 Å². The summed E-state index contributed by atoms with van der Waals surface area (Å²) in [6.07, 6.45) is 2.76. The number of amides is 1. The van der Waals surface area contributed by atoms with Gasteiger partial charge in [0.25, 0.3) is 5.91 Å². The minimum Gasteiger partial charge on any atom is -0.334 e. The van der Waals surface area contributed by atoms with E-state index in [0.29, 0.717) is 6.54 Å². The zero-order valence-corrected chi connectivity index (χ0v) is 14.7. The summed E-state index contributed by atoms with van der Waals surface area (Å²) in [5.74, 6) is 0.0791. The van der Waals surface area contributed by atoms with Crippen molar-refractivity contribution in [3.05, 3.63) is 51.8 Å². The van der Waals surface area contributed by atoms with Gasteiger partial charge in [-0.15, -0.1) is 0 Å². The van der Waals surface area contributed by atoms with Crippen LogP contribution in [-0.4, -0.2) is 27.1 Å². The molecule has 1 aliphatic rings. The summed E-state index contributed by atoms with van der Waals surface area (Å²) in [5.41, 5.74) is 3.11. The van der Waals surface area contributed by atoms with Crippen molar-refractivity contribution in [2.45, 2.75) is 39.3 Å². The first-order chi connectivity index (χ1) is 10.4. The van der Waals surface area contributed by atoms with E-state index < -0.39 is 0 Å². The third kappa shape index (κ3) is 2.82. The molecule has 0 aliphatic carbocycles. The third-order valence-corrected chi connectivity index (χ3v) is 4.42. The van der Waals surface area contributed by atoms with Gasteiger partial charge < -0.3 is 4.90 Å². The standard InChI is InChI=1S/C17H20BrN3O/c1-17(2,3)21-15-7-8-20(11-13(15)10-19-21)16(22)12-5-4-6-14(18)9-12/h4-6,9-10H,7-8,11H2,1-3H3. The molecular weight excluding hydrogens is 342 g/mol. The lowest BCUT2D eigenvalue weighted by atomic mass is 10.0. The van der Waals surface area contributed by atoms with Crippen LogP contribution in [0.2, 0.25) is 0 Å². The molecule has 1 aliphatic heterocycles. The Balaban J connectivity index is 1.83. The van der Waals surface area contributed by atoms with E-state index in [1.54, 1.807) is 0 Å². The minimum absolute atomic E-state index is 0.0238. The number of carbonyl (C=O) groups excluding carboxylic acids is 1. The lowest BCUT2D eigenvalue weighted by Gasteiger charge is -2.30. The number of aromatic nitrogens is 2. The van der Waals surface area contributed by atoms with Gasteiger partial charge in [-0.1, -0.05) is 22.0 Å². The Bertz CT molecular complexity index is 715. The predicted octanol–water partition coefficient (Wildman–Crippen LogP) is 3.60. The second-order valence-corrected chi connectivity index (χ2v) is 7.60. The van der Waals surface area contributed by atoms with Crippen molar-refractivity contribution < 1.29 is 4.79 Å². The van der Waals surface area contributed by atoms with Gasteiger partial charge in [-0.25, -0.2) is 0 Å². The molecule has 0 saturated carbocycles. The monoisotopic (exact) mass is 361 g/mol. The van der Waals surface area contributed by atoms with Crippen molar-refractivity contribution in [1.82, 2.24) is 14.7 Å². The van der Waals surface area contributed by atoms with Gasteiger partial charge in [0.2, 0.25) is 0 Å². The molecule has 116 valence electrons. The Kier molecular flexibility index (Phi) is 3.85. The minimum atomic E-state index is -0.0238. The van der Waals surface area contributed by atoms with Crippen LogP contribution in [0.15, 0.2) is 34.9 Å². The summed E-state index contributed by atoms with van der Waals surface area (Å²) in [7, 11) is 0. The molecule has 0 bridgehead atoms. The van der Waals surface area contributed by atoms with Crippen molar-refractivity contribution in [2.75, 3.05) is 6.54 Å². The smallest absolute Gasteiger partial charge is 0.254 e. The van der Waals surface area contributed by atoms with E-state index in [9.17, 15) is 4.79 Å². The molecule has 3 rings (SSSR count). The maximum absolute atomic E-state index is 12.6. The van der Waals surface area contributed by atoms with Crippen molar-refractivity contribution in [2.24, 2.45) is 0 Å². The van der Waals surface area contributed by atoms with Gasteiger partial charge in [-0.05, 0) is 39.0 Å². The Morgan fingerprint density at radius 2 is 2.09 bits per heavy atom. The highest BCUT2D eigenvalue weighted by Crippen LogP contribution is 2.25.